The minimum Gasteiger partial charge on any atom is -0.496 e. The van der Waals surface area contributed by atoms with Crippen LogP contribution >= 0.6 is 0 Å². The van der Waals surface area contributed by atoms with Crippen molar-refractivity contribution in [2.24, 2.45) is 0 Å². The van der Waals surface area contributed by atoms with E-state index in [4.69, 9.17) is 9.15 Å². The van der Waals surface area contributed by atoms with E-state index in [0.717, 1.165) is 11.3 Å². The van der Waals surface area contributed by atoms with Crippen LogP contribution in [-0.2, 0) is 6.42 Å². The van der Waals surface area contributed by atoms with Gasteiger partial charge >= 0.3 is 0 Å². The average Bonchev–Trinajstić information content (AvgIpc) is 2.77. The van der Waals surface area contributed by atoms with Gasteiger partial charge in [0.2, 0.25) is 0 Å². The predicted molar refractivity (Wildman–Crippen MR) is 61.8 cm³/mol. The highest BCUT2D eigenvalue weighted by molar-refractivity contribution is 5.37. The second-order valence-corrected chi connectivity index (χ2v) is 3.53. The van der Waals surface area contributed by atoms with E-state index in [1.54, 1.807) is 20.2 Å². The number of nitrogens with one attached hydrogen (secondary N) is 1. The minimum atomic E-state index is -0.293. The van der Waals surface area contributed by atoms with Crippen LogP contribution in [0.5, 0.6) is 5.75 Å². The molecule has 1 N–H and O–H groups in total. The van der Waals surface area contributed by atoms with Gasteiger partial charge in [-0.2, -0.15) is 4.98 Å². The molecule has 1 heterocycles. The zero-order chi connectivity index (χ0) is 12.3. The zero-order valence-electron chi connectivity index (χ0n) is 9.66. The van der Waals surface area contributed by atoms with Crippen molar-refractivity contribution in [2.75, 3.05) is 19.5 Å². The summed E-state index contributed by atoms with van der Waals surface area (Å²) in [7, 11) is 3.27. The lowest BCUT2D eigenvalue weighted by Gasteiger charge is -2.06. The van der Waals surface area contributed by atoms with E-state index in [1.165, 1.54) is 18.4 Å². The van der Waals surface area contributed by atoms with Gasteiger partial charge in [-0.05, 0) is 18.2 Å². The number of benzene rings is 1. The first kappa shape index (κ1) is 11.4. The Bertz CT molecular complexity index is 511. The molecular formula is C12H13FN2O2. The first-order valence-corrected chi connectivity index (χ1v) is 5.17. The van der Waals surface area contributed by atoms with Gasteiger partial charge < -0.3 is 14.5 Å². The molecule has 90 valence electrons. The molecule has 0 aliphatic carbocycles. The number of halogens is 1. The Morgan fingerprint density at radius 2 is 2.29 bits per heavy atom. The van der Waals surface area contributed by atoms with Crippen LogP contribution < -0.4 is 10.1 Å². The lowest BCUT2D eigenvalue weighted by atomic mass is 10.1. The molecule has 2 rings (SSSR count). The lowest BCUT2D eigenvalue weighted by Crippen LogP contribution is -1.96. The van der Waals surface area contributed by atoms with Crippen molar-refractivity contribution >= 4 is 6.01 Å². The molecule has 5 heteroatoms. The fourth-order valence-corrected chi connectivity index (χ4v) is 1.58. The van der Waals surface area contributed by atoms with Crippen LogP contribution in [-0.4, -0.2) is 19.1 Å². The quantitative estimate of drug-likeness (QED) is 0.885. The van der Waals surface area contributed by atoms with E-state index >= 15 is 0 Å². The van der Waals surface area contributed by atoms with Crippen LogP contribution in [0.25, 0.3) is 0 Å². The third kappa shape index (κ3) is 2.55. The van der Waals surface area contributed by atoms with Crippen LogP contribution in [0.3, 0.4) is 0 Å². The molecule has 0 aliphatic heterocycles. The monoisotopic (exact) mass is 236 g/mol. The van der Waals surface area contributed by atoms with E-state index in [0.29, 0.717) is 18.2 Å². The molecule has 0 saturated heterocycles. The maximum absolute atomic E-state index is 13.1. The van der Waals surface area contributed by atoms with Crippen molar-refractivity contribution in [2.45, 2.75) is 6.42 Å². The summed E-state index contributed by atoms with van der Waals surface area (Å²) >= 11 is 0. The van der Waals surface area contributed by atoms with Gasteiger partial charge in [-0.15, -0.1) is 0 Å². The van der Waals surface area contributed by atoms with E-state index < -0.39 is 0 Å². The largest absolute Gasteiger partial charge is 0.496 e. The molecule has 4 nitrogen and oxygen atoms in total. The third-order valence-corrected chi connectivity index (χ3v) is 2.38. The number of nitrogens with zero attached hydrogens (tertiary/aromatic N) is 1. The smallest absolute Gasteiger partial charge is 0.294 e. The highest BCUT2D eigenvalue weighted by Crippen LogP contribution is 2.22. The number of rotatable bonds is 4. The van der Waals surface area contributed by atoms with Crippen LogP contribution in [0.4, 0.5) is 10.4 Å². The molecule has 0 saturated carbocycles. The number of ether oxygens (including phenoxy) is 1. The molecule has 1 aromatic heterocycles. The van der Waals surface area contributed by atoms with Gasteiger partial charge in [-0.25, -0.2) is 4.39 Å². The van der Waals surface area contributed by atoms with Gasteiger partial charge in [0.05, 0.1) is 12.8 Å². The fourth-order valence-electron chi connectivity index (χ4n) is 1.58. The first-order valence-electron chi connectivity index (χ1n) is 5.17. The third-order valence-electron chi connectivity index (χ3n) is 2.38. The standard InChI is InChI=1S/C12H13FN2O2/c1-14-12-15-10(7-17-12)6-8-5-9(13)3-4-11(8)16-2/h3-5,7H,6H2,1-2H3,(H,14,15). The van der Waals surface area contributed by atoms with Crippen molar-refractivity contribution in [3.8, 4) is 5.75 Å². The van der Waals surface area contributed by atoms with Gasteiger partial charge in [-0.3, -0.25) is 0 Å². The summed E-state index contributed by atoms with van der Waals surface area (Å²) in [5, 5.41) is 2.79. The van der Waals surface area contributed by atoms with Gasteiger partial charge in [-0.1, -0.05) is 0 Å². The molecule has 0 radical (unpaired) electrons. The van der Waals surface area contributed by atoms with Gasteiger partial charge in [0.25, 0.3) is 6.01 Å². The maximum atomic E-state index is 13.1. The maximum Gasteiger partial charge on any atom is 0.294 e. The minimum absolute atomic E-state index is 0.293. The SMILES string of the molecule is CNc1nc(Cc2cc(F)ccc2OC)co1. The van der Waals surface area contributed by atoms with Crippen molar-refractivity contribution < 1.29 is 13.5 Å². The Balaban J connectivity index is 2.25. The molecule has 0 spiro atoms. The molecule has 0 atom stereocenters. The summed E-state index contributed by atoms with van der Waals surface area (Å²) < 4.78 is 23.4. The summed E-state index contributed by atoms with van der Waals surface area (Å²) in [6, 6.07) is 4.84. The van der Waals surface area contributed by atoms with Crippen molar-refractivity contribution in [1.29, 1.82) is 0 Å². The number of anilines is 1. The first-order chi connectivity index (χ1) is 8.22. The molecule has 0 bridgehead atoms. The van der Waals surface area contributed by atoms with E-state index in [1.807, 2.05) is 0 Å². The van der Waals surface area contributed by atoms with Crippen molar-refractivity contribution in [3.05, 3.63) is 41.5 Å². The summed E-state index contributed by atoms with van der Waals surface area (Å²) in [6.45, 7) is 0. The average molecular weight is 236 g/mol. The van der Waals surface area contributed by atoms with E-state index in [9.17, 15) is 4.39 Å². The van der Waals surface area contributed by atoms with E-state index in [-0.39, 0.29) is 5.82 Å². The summed E-state index contributed by atoms with van der Waals surface area (Å²) in [6.07, 6.45) is 2.00. The van der Waals surface area contributed by atoms with Crippen LogP contribution in [0.15, 0.2) is 28.9 Å². The highest BCUT2D eigenvalue weighted by Gasteiger charge is 2.09. The van der Waals surface area contributed by atoms with Crippen molar-refractivity contribution in [1.82, 2.24) is 4.98 Å². The van der Waals surface area contributed by atoms with E-state index in [2.05, 4.69) is 10.3 Å². The fraction of sp³-hybridized carbons (Fsp3) is 0.250. The van der Waals surface area contributed by atoms with Gasteiger partial charge in [0, 0.05) is 19.0 Å². The Morgan fingerprint density at radius 1 is 1.47 bits per heavy atom. The van der Waals surface area contributed by atoms with Gasteiger partial charge in [0.1, 0.15) is 17.8 Å². The normalized spacial score (nSPS) is 10.3. The summed E-state index contributed by atoms with van der Waals surface area (Å²) in [5.74, 6) is 0.346. The van der Waals surface area contributed by atoms with Crippen LogP contribution in [0.1, 0.15) is 11.3 Å². The lowest BCUT2D eigenvalue weighted by molar-refractivity contribution is 0.409. The zero-order valence-corrected chi connectivity index (χ0v) is 9.66. The molecule has 0 unspecified atom stereocenters. The Morgan fingerprint density at radius 3 is 2.94 bits per heavy atom. The molecule has 1 aromatic carbocycles. The number of hydrogen-bond donors (Lipinski definition) is 1. The molecule has 0 fully saturated rings. The molecule has 2 aromatic rings. The summed E-state index contributed by atoms with van der Waals surface area (Å²) in [4.78, 5) is 4.17. The second-order valence-electron chi connectivity index (χ2n) is 3.53. The second kappa shape index (κ2) is 4.86. The Hall–Kier alpha value is -2.04. The Labute approximate surface area is 98.4 Å². The number of oxazole rings is 1. The Kier molecular flexibility index (Phi) is 3.27. The van der Waals surface area contributed by atoms with Crippen LogP contribution in [0, 0.1) is 5.82 Å². The number of methoxy groups -OCH3 is 1. The molecule has 0 aliphatic rings. The predicted octanol–water partition coefficient (Wildman–Crippen LogP) is 2.45. The molecular weight excluding hydrogens is 223 g/mol. The van der Waals surface area contributed by atoms with Crippen molar-refractivity contribution in [3.63, 3.8) is 0 Å². The topological polar surface area (TPSA) is 47.3 Å². The molecule has 0 amide bonds. The molecule has 17 heavy (non-hydrogen) atoms. The van der Waals surface area contributed by atoms with Gasteiger partial charge in [0.15, 0.2) is 0 Å². The number of hydrogen-bond acceptors (Lipinski definition) is 4. The van der Waals surface area contributed by atoms with Crippen LogP contribution in [0.2, 0.25) is 0 Å². The highest BCUT2D eigenvalue weighted by atomic mass is 19.1. The summed E-state index contributed by atoms with van der Waals surface area (Å²) in [5.41, 5.74) is 1.46. The number of aromatic nitrogens is 1.